The highest BCUT2D eigenvalue weighted by atomic mass is 16.5. The molecule has 0 saturated carbocycles. The molecule has 0 aromatic carbocycles. The summed E-state index contributed by atoms with van der Waals surface area (Å²) in [6, 6.07) is 0.452. The van der Waals surface area contributed by atoms with Crippen LogP contribution >= 0.6 is 0 Å². The number of ether oxygens (including phenoxy) is 2. The van der Waals surface area contributed by atoms with Crippen LogP contribution in [0.4, 0.5) is 0 Å². The summed E-state index contributed by atoms with van der Waals surface area (Å²) in [5, 5.41) is 3.66. The van der Waals surface area contributed by atoms with E-state index in [9.17, 15) is 0 Å². The number of likely N-dealkylation sites (N-methyl/N-ethyl adjacent to an activating group) is 1. The third-order valence-electron chi connectivity index (χ3n) is 4.25. The molecule has 2 heterocycles. The summed E-state index contributed by atoms with van der Waals surface area (Å²) in [6.45, 7) is 8.24. The van der Waals surface area contributed by atoms with Crippen molar-refractivity contribution < 1.29 is 9.47 Å². The van der Waals surface area contributed by atoms with Crippen LogP contribution in [-0.2, 0) is 9.47 Å². The second-order valence-corrected chi connectivity index (χ2v) is 5.63. The molecular formula is C14H27NO2. The summed E-state index contributed by atoms with van der Waals surface area (Å²) in [5.41, 5.74) is 0.0135. The Kier molecular flexibility index (Phi) is 4.83. The first kappa shape index (κ1) is 13.3. The molecule has 3 unspecified atom stereocenters. The first-order valence-electron chi connectivity index (χ1n) is 7.21. The van der Waals surface area contributed by atoms with Gasteiger partial charge in [-0.15, -0.1) is 0 Å². The van der Waals surface area contributed by atoms with Crippen molar-refractivity contribution in [2.75, 3.05) is 26.4 Å². The largest absolute Gasteiger partial charge is 0.381 e. The molecule has 17 heavy (non-hydrogen) atoms. The minimum atomic E-state index is 0.0135. The van der Waals surface area contributed by atoms with Crippen molar-refractivity contribution in [2.45, 2.75) is 57.6 Å². The summed E-state index contributed by atoms with van der Waals surface area (Å²) in [7, 11) is 0. The van der Waals surface area contributed by atoms with Gasteiger partial charge >= 0.3 is 0 Å². The monoisotopic (exact) mass is 241 g/mol. The lowest BCUT2D eigenvalue weighted by Crippen LogP contribution is -2.57. The Morgan fingerprint density at radius 1 is 1.29 bits per heavy atom. The van der Waals surface area contributed by atoms with Crippen LogP contribution in [0, 0.1) is 5.92 Å². The Morgan fingerprint density at radius 3 is 2.76 bits per heavy atom. The minimum Gasteiger partial charge on any atom is -0.381 e. The first-order valence-corrected chi connectivity index (χ1v) is 7.21. The van der Waals surface area contributed by atoms with Gasteiger partial charge in [0, 0.05) is 25.2 Å². The van der Waals surface area contributed by atoms with E-state index in [0.717, 1.165) is 26.4 Å². The molecule has 0 amide bonds. The average Bonchev–Trinajstić information content (AvgIpc) is 2.38. The lowest BCUT2D eigenvalue weighted by atomic mass is 9.78. The predicted octanol–water partition coefficient (Wildman–Crippen LogP) is 2.35. The summed E-state index contributed by atoms with van der Waals surface area (Å²) in [6.07, 6.45) is 6.17. The number of rotatable bonds is 4. The zero-order valence-electron chi connectivity index (χ0n) is 11.3. The van der Waals surface area contributed by atoms with Crippen LogP contribution in [0.2, 0.25) is 0 Å². The van der Waals surface area contributed by atoms with E-state index < -0.39 is 0 Å². The summed E-state index contributed by atoms with van der Waals surface area (Å²) >= 11 is 0. The zero-order valence-corrected chi connectivity index (χ0v) is 11.3. The summed E-state index contributed by atoms with van der Waals surface area (Å²) in [5.74, 6) is 0.617. The Bertz CT molecular complexity index is 220. The Hall–Kier alpha value is -0.120. The van der Waals surface area contributed by atoms with Crippen LogP contribution in [0.3, 0.4) is 0 Å². The van der Waals surface area contributed by atoms with E-state index >= 15 is 0 Å². The molecule has 3 atom stereocenters. The summed E-state index contributed by atoms with van der Waals surface area (Å²) < 4.78 is 11.8. The molecule has 3 nitrogen and oxygen atoms in total. The lowest BCUT2D eigenvalue weighted by molar-refractivity contribution is -0.113. The predicted molar refractivity (Wildman–Crippen MR) is 69.2 cm³/mol. The van der Waals surface area contributed by atoms with Gasteiger partial charge in [-0.05, 0) is 45.6 Å². The Balaban J connectivity index is 2.03. The van der Waals surface area contributed by atoms with Crippen LogP contribution < -0.4 is 5.32 Å². The van der Waals surface area contributed by atoms with Crippen molar-refractivity contribution in [3.05, 3.63) is 0 Å². The molecule has 2 aliphatic rings. The fraction of sp³-hybridized carbons (Fsp3) is 1.00. The van der Waals surface area contributed by atoms with Crippen molar-refractivity contribution in [1.82, 2.24) is 5.32 Å². The molecule has 0 aliphatic carbocycles. The second-order valence-electron chi connectivity index (χ2n) is 5.63. The molecule has 0 radical (unpaired) electrons. The van der Waals surface area contributed by atoms with Gasteiger partial charge in [-0.2, -0.15) is 0 Å². The van der Waals surface area contributed by atoms with Crippen molar-refractivity contribution in [3.63, 3.8) is 0 Å². The molecule has 1 N–H and O–H groups in total. The molecule has 2 saturated heterocycles. The highest BCUT2D eigenvalue weighted by Gasteiger charge is 2.41. The number of nitrogens with one attached hydrogen (secondary N) is 1. The van der Waals surface area contributed by atoms with E-state index in [0.29, 0.717) is 12.0 Å². The highest BCUT2D eigenvalue weighted by molar-refractivity contribution is 4.95. The summed E-state index contributed by atoms with van der Waals surface area (Å²) in [4.78, 5) is 0. The average molecular weight is 241 g/mol. The maximum absolute atomic E-state index is 6.12. The van der Waals surface area contributed by atoms with Crippen LogP contribution in [-0.4, -0.2) is 38.0 Å². The van der Waals surface area contributed by atoms with E-state index in [2.05, 4.69) is 19.2 Å². The quantitative estimate of drug-likeness (QED) is 0.819. The molecular weight excluding hydrogens is 214 g/mol. The van der Waals surface area contributed by atoms with E-state index in [1.807, 2.05) is 0 Å². The van der Waals surface area contributed by atoms with E-state index in [1.54, 1.807) is 0 Å². The van der Waals surface area contributed by atoms with Gasteiger partial charge in [0.15, 0.2) is 0 Å². The zero-order chi connectivity index (χ0) is 12.1. The molecule has 2 aliphatic heterocycles. The van der Waals surface area contributed by atoms with Gasteiger partial charge in [-0.1, -0.05) is 6.92 Å². The standard InChI is InChI=1S/C14H27NO2/c1-3-15-13(12-7-6-9-16-11-12)14(2)8-4-5-10-17-14/h12-13,15H,3-11H2,1-2H3. The van der Waals surface area contributed by atoms with Gasteiger partial charge in [0.1, 0.15) is 0 Å². The maximum atomic E-state index is 6.12. The van der Waals surface area contributed by atoms with Crippen molar-refractivity contribution in [2.24, 2.45) is 5.92 Å². The Labute approximate surface area is 105 Å². The molecule has 0 aromatic rings. The van der Waals surface area contributed by atoms with Gasteiger partial charge in [-0.25, -0.2) is 0 Å². The van der Waals surface area contributed by atoms with Crippen molar-refractivity contribution >= 4 is 0 Å². The van der Waals surface area contributed by atoms with Gasteiger partial charge in [-0.3, -0.25) is 0 Å². The molecule has 100 valence electrons. The third kappa shape index (κ3) is 3.21. The number of hydrogen-bond donors (Lipinski definition) is 1. The molecule has 0 spiro atoms. The SMILES string of the molecule is CCNC(C1CCCOC1)C1(C)CCCCO1. The smallest absolute Gasteiger partial charge is 0.0810 e. The van der Waals surface area contributed by atoms with Crippen molar-refractivity contribution in [1.29, 1.82) is 0 Å². The van der Waals surface area contributed by atoms with E-state index in [-0.39, 0.29) is 5.60 Å². The van der Waals surface area contributed by atoms with Crippen LogP contribution in [0.25, 0.3) is 0 Å². The van der Waals surface area contributed by atoms with Gasteiger partial charge < -0.3 is 14.8 Å². The second kappa shape index (κ2) is 6.17. The van der Waals surface area contributed by atoms with E-state index in [1.165, 1.54) is 32.1 Å². The van der Waals surface area contributed by atoms with Crippen molar-refractivity contribution in [3.8, 4) is 0 Å². The normalized spacial score (nSPS) is 36.7. The van der Waals surface area contributed by atoms with Gasteiger partial charge in [0.2, 0.25) is 0 Å². The highest BCUT2D eigenvalue weighted by Crippen LogP contribution is 2.34. The molecule has 3 heteroatoms. The minimum absolute atomic E-state index is 0.0135. The third-order valence-corrected chi connectivity index (χ3v) is 4.25. The lowest BCUT2D eigenvalue weighted by Gasteiger charge is -2.45. The molecule has 2 rings (SSSR count). The fourth-order valence-corrected chi connectivity index (χ4v) is 3.33. The first-order chi connectivity index (χ1) is 8.26. The van der Waals surface area contributed by atoms with Crippen LogP contribution in [0.1, 0.15) is 46.0 Å². The molecule has 0 aromatic heterocycles. The van der Waals surface area contributed by atoms with Crippen LogP contribution in [0.15, 0.2) is 0 Å². The number of hydrogen-bond acceptors (Lipinski definition) is 3. The Morgan fingerprint density at radius 2 is 2.18 bits per heavy atom. The van der Waals surface area contributed by atoms with Gasteiger partial charge in [0.05, 0.1) is 12.2 Å². The van der Waals surface area contributed by atoms with Crippen LogP contribution in [0.5, 0.6) is 0 Å². The maximum Gasteiger partial charge on any atom is 0.0810 e. The molecule has 0 bridgehead atoms. The molecule has 2 fully saturated rings. The fourth-order valence-electron chi connectivity index (χ4n) is 3.33. The topological polar surface area (TPSA) is 30.5 Å². The van der Waals surface area contributed by atoms with E-state index in [4.69, 9.17) is 9.47 Å². The van der Waals surface area contributed by atoms with Gasteiger partial charge in [0.25, 0.3) is 0 Å².